The topological polar surface area (TPSA) is 136 Å². The van der Waals surface area contributed by atoms with Crippen molar-refractivity contribution < 1.29 is 27.7 Å². The first-order valence-corrected chi connectivity index (χ1v) is 11.9. The molecule has 0 bridgehead atoms. The van der Waals surface area contributed by atoms with Gasteiger partial charge in [-0.15, -0.1) is 0 Å². The second-order valence-corrected chi connectivity index (χ2v) is 9.73. The van der Waals surface area contributed by atoms with Gasteiger partial charge in [0.15, 0.2) is 6.61 Å². The van der Waals surface area contributed by atoms with Gasteiger partial charge >= 0.3 is 5.97 Å². The van der Waals surface area contributed by atoms with Gasteiger partial charge in [-0.05, 0) is 49.9 Å². The number of anilines is 1. The van der Waals surface area contributed by atoms with E-state index < -0.39 is 39.1 Å². The van der Waals surface area contributed by atoms with Crippen LogP contribution in [0.25, 0.3) is 0 Å². The van der Waals surface area contributed by atoms with Crippen LogP contribution in [0.5, 0.6) is 0 Å². The standard InChI is InChI=1S/C22H25N3O7S/c1-15-9-10-17(33(30,31)24-11-4-3-5-12-24)13-18(15)23-20(26)14-32-22(27)21-16(2)7-6-8-19(21)25(28)29/h6-10,13H,3-5,11-12,14H2,1-2H3,(H,23,26). The highest BCUT2D eigenvalue weighted by molar-refractivity contribution is 7.89. The van der Waals surface area contributed by atoms with Crippen LogP contribution in [0.2, 0.25) is 0 Å². The molecule has 0 unspecified atom stereocenters. The van der Waals surface area contributed by atoms with Crippen LogP contribution in [0, 0.1) is 24.0 Å². The van der Waals surface area contributed by atoms with Crippen molar-refractivity contribution in [3.05, 3.63) is 63.2 Å². The van der Waals surface area contributed by atoms with E-state index in [4.69, 9.17) is 4.74 Å². The number of nitrogens with one attached hydrogen (secondary N) is 1. The van der Waals surface area contributed by atoms with E-state index in [1.165, 1.54) is 41.6 Å². The first-order valence-electron chi connectivity index (χ1n) is 10.4. The molecule has 176 valence electrons. The van der Waals surface area contributed by atoms with Crippen LogP contribution in [-0.2, 0) is 19.6 Å². The Kier molecular flexibility index (Phi) is 7.44. The van der Waals surface area contributed by atoms with Crippen molar-refractivity contribution in [1.82, 2.24) is 4.31 Å². The summed E-state index contributed by atoms with van der Waals surface area (Å²) in [4.78, 5) is 35.3. The average Bonchev–Trinajstić information content (AvgIpc) is 2.79. The number of aryl methyl sites for hydroxylation is 2. The molecule has 11 heteroatoms. The average molecular weight is 476 g/mol. The van der Waals surface area contributed by atoms with Gasteiger partial charge < -0.3 is 10.1 Å². The van der Waals surface area contributed by atoms with E-state index in [2.05, 4.69) is 5.32 Å². The van der Waals surface area contributed by atoms with Gasteiger partial charge in [0.05, 0.1) is 9.82 Å². The molecule has 33 heavy (non-hydrogen) atoms. The number of esters is 1. The fourth-order valence-electron chi connectivity index (χ4n) is 3.61. The number of carbonyl (C=O) groups is 2. The number of benzene rings is 2. The largest absolute Gasteiger partial charge is 0.452 e. The Morgan fingerprint density at radius 1 is 1.09 bits per heavy atom. The summed E-state index contributed by atoms with van der Waals surface area (Å²) in [5.41, 5.74) is 0.617. The molecule has 0 spiro atoms. The lowest BCUT2D eigenvalue weighted by Crippen LogP contribution is -2.35. The van der Waals surface area contributed by atoms with Gasteiger partial charge in [0.25, 0.3) is 11.6 Å². The molecule has 0 aliphatic carbocycles. The Bertz CT molecular complexity index is 1190. The minimum Gasteiger partial charge on any atom is -0.452 e. The van der Waals surface area contributed by atoms with Crippen LogP contribution >= 0.6 is 0 Å². The first kappa shape index (κ1) is 24.3. The van der Waals surface area contributed by atoms with Crippen LogP contribution in [0.4, 0.5) is 11.4 Å². The lowest BCUT2D eigenvalue weighted by molar-refractivity contribution is -0.385. The monoisotopic (exact) mass is 475 g/mol. The Labute approximate surface area is 191 Å². The van der Waals surface area contributed by atoms with E-state index in [1.807, 2.05) is 0 Å². The fraction of sp³-hybridized carbons (Fsp3) is 0.364. The second-order valence-electron chi connectivity index (χ2n) is 7.79. The summed E-state index contributed by atoms with van der Waals surface area (Å²) in [6.45, 7) is 3.46. The van der Waals surface area contributed by atoms with E-state index in [1.54, 1.807) is 13.0 Å². The van der Waals surface area contributed by atoms with Crippen molar-refractivity contribution in [1.29, 1.82) is 0 Å². The third kappa shape index (κ3) is 5.55. The minimum absolute atomic E-state index is 0.0674. The van der Waals surface area contributed by atoms with Gasteiger partial charge in [-0.3, -0.25) is 14.9 Å². The summed E-state index contributed by atoms with van der Waals surface area (Å²) in [6, 6.07) is 8.62. The molecule has 0 aromatic heterocycles. The number of rotatable bonds is 7. The summed E-state index contributed by atoms with van der Waals surface area (Å²) in [5.74, 6) is -1.69. The molecule has 2 aromatic carbocycles. The zero-order valence-electron chi connectivity index (χ0n) is 18.4. The number of ether oxygens (including phenoxy) is 1. The highest BCUT2D eigenvalue weighted by atomic mass is 32.2. The van der Waals surface area contributed by atoms with Crippen molar-refractivity contribution in [3.63, 3.8) is 0 Å². The number of hydrogen-bond donors (Lipinski definition) is 1. The Morgan fingerprint density at radius 2 is 1.79 bits per heavy atom. The molecule has 2 aromatic rings. The zero-order chi connectivity index (χ0) is 24.2. The van der Waals surface area contributed by atoms with E-state index in [9.17, 15) is 28.1 Å². The normalized spacial score (nSPS) is 14.5. The van der Waals surface area contributed by atoms with Gasteiger partial charge in [0.2, 0.25) is 10.0 Å². The van der Waals surface area contributed by atoms with Crippen LogP contribution in [0.1, 0.15) is 40.7 Å². The highest BCUT2D eigenvalue weighted by Gasteiger charge is 2.27. The highest BCUT2D eigenvalue weighted by Crippen LogP contribution is 2.26. The molecule has 1 aliphatic heterocycles. The quantitative estimate of drug-likeness (QED) is 0.369. The lowest BCUT2D eigenvalue weighted by Gasteiger charge is -2.26. The van der Waals surface area contributed by atoms with Crippen LogP contribution < -0.4 is 5.32 Å². The molecule has 3 rings (SSSR count). The van der Waals surface area contributed by atoms with Crippen molar-refractivity contribution in [3.8, 4) is 0 Å². The molecule has 0 atom stereocenters. The van der Waals surface area contributed by atoms with Crippen LogP contribution in [0.3, 0.4) is 0 Å². The molecule has 1 N–H and O–H groups in total. The lowest BCUT2D eigenvalue weighted by atomic mass is 10.1. The fourth-order valence-corrected chi connectivity index (χ4v) is 5.15. The van der Waals surface area contributed by atoms with Gasteiger partial charge in [-0.1, -0.05) is 24.6 Å². The third-order valence-electron chi connectivity index (χ3n) is 5.42. The summed E-state index contributed by atoms with van der Waals surface area (Å²) < 4.78 is 32.3. The summed E-state index contributed by atoms with van der Waals surface area (Å²) in [7, 11) is -3.68. The molecule has 1 heterocycles. The molecule has 1 saturated heterocycles. The maximum absolute atomic E-state index is 12.9. The molecule has 1 fully saturated rings. The SMILES string of the molecule is Cc1ccc(S(=O)(=O)N2CCCCC2)cc1NC(=O)COC(=O)c1c(C)cccc1[N+](=O)[O-]. The van der Waals surface area contributed by atoms with E-state index in [0.717, 1.165) is 19.3 Å². The molecule has 0 saturated carbocycles. The summed E-state index contributed by atoms with van der Waals surface area (Å²) in [5, 5.41) is 13.7. The van der Waals surface area contributed by atoms with Crippen molar-refractivity contribution in [2.75, 3.05) is 25.0 Å². The minimum atomic E-state index is -3.68. The van der Waals surface area contributed by atoms with Gasteiger partial charge in [-0.25, -0.2) is 13.2 Å². The van der Waals surface area contributed by atoms with Crippen LogP contribution in [-0.4, -0.2) is 49.2 Å². The number of nitro benzene ring substituents is 1. The van der Waals surface area contributed by atoms with Gasteiger partial charge in [-0.2, -0.15) is 4.31 Å². The Morgan fingerprint density at radius 3 is 2.45 bits per heavy atom. The number of nitro groups is 1. The Hall–Kier alpha value is -3.31. The maximum Gasteiger partial charge on any atom is 0.345 e. The number of amides is 1. The van der Waals surface area contributed by atoms with E-state index in [-0.39, 0.29) is 16.1 Å². The van der Waals surface area contributed by atoms with Gasteiger partial charge in [0, 0.05) is 24.8 Å². The first-order chi connectivity index (χ1) is 15.6. The van der Waals surface area contributed by atoms with Crippen molar-refractivity contribution in [2.45, 2.75) is 38.0 Å². The molecular weight excluding hydrogens is 450 g/mol. The van der Waals surface area contributed by atoms with Crippen molar-refractivity contribution >= 4 is 33.3 Å². The van der Waals surface area contributed by atoms with E-state index in [0.29, 0.717) is 24.2 Å². The molecule has 0 radical (unpaired) electrons. The van der Waals surface area contributed by atoms with Gasteiger partial charge in [0.1, 0.15) is 5.56 Å². The molecular formula is C22H25N3O7S. The number of carbonyl (C=O) groups excluding carboxylic acids is 2. The number of hydrogen-bond acceptors (Lipinski definition) is 7. The number of nitrogens with zero attached hydrogens (tertiary/aromatic N) is 2. The Balaban J connectivity index is 1.71. The summed E-state index contributed by atoms with van der Waals surface area (Å²) in [6.07, 6.45) is 2.60. The summed E-state index contributed by atoms with van der Waals surface area (Å²) >= 11 is 0. The van der Waals surface area contributed by atoms with Crippen molar-refractivity contribution in [2.24, 2.45) is 0 Å². The smallest absolute Gasteiger partial charge is 0.345 e. The number of sulfonamides is 1. The molecule has 10 nitrogen and oxygen atoms in total. The molecule has 1 aliphatic rings. The third-order valence-corrected chi connectivity index (χ3v) is 7.32. The number of piperidine rings is 1. The molecule has 1 amide bonds. The zero-order valence-corrected chi connectivity index (χ0v) is 19.2. The predicted octanol–water partition coefficient (Wildman–Crippen LogP) is 3.18. The maximum atomic E-state index is 12.9. The second kappa shape index (κ2) is 10.1. The predicted molar refractivity (Wildman–Crippen MR) is 121 cm³/mol. The van der Waals surface area contributed by atoms with E-state index >= 15 is 0 Å². The van der Waals surface area contributed by atoms with Crippen LogP contribution in [0.15, 0.2) is 41.3 Å².